The van der Waals surface area contributed by atoms with Crippen molar-refractivity contribution >= 4 is 113 Å². The van der Waals surface area contributed by atoms with Gasteiger partial charge in [0.15, 0.2) is 7.14 Å². The van der Waals surface area contributed by atoms with Gasteiger partial charge in [0.1, 0.15) is 0 Å². The maximum Gasteiger partial charge on any atom is 0.364 e. The standard InChI is InChI=1S/C32H27N4O4PS.C23H18NO4P.C13H12N4O2S.3CH4/c1-24-16-22-29(23-17-24)42(39,40)35-26-20-18-25(19-21-26)33-36-34-32(37)30-14-8-9-15-31(30)41(38,27-10-4-2-5-11-27)28-12-6-3-7-13-28;25-21-15-16-22(26)24(21)28-23(27)19-13-7-8-14-20(19)29(17-9-3-1-4-10-17)18-11-5-2-6-12-18;1-10-2-8-13(9-3-10)20(18,19)16-12-6-4-11(5-7-12)15-17-14;;;/h2-23,35H,1H3,(H,33,34,37);1-14H,15-16H2;2-9,16H,1H3;3*1H4. The number of benzene rings is 10. The molecule has 0 aliphatic carbocycles. The highest BCUT2D eigenvalue weighted by molar-refractivity contribution is 7.93. The van der Waals surface area contributed by atoms with E-state index in [-0.39, 0.29) is 50.5 Å². The Morgan fingerprint density at radius 2 is 0.904 bits per heavy atom. The lowest BCUT2D eigenvalue weighted by atomic mass is 10.2. The van der Waals surface area contributed by atoms with Crippen LogP contribution in [-0.2, 0) is 39.0 Å². The summed E-state index contributed by atoms with van der Waals surface area (Å²) in [4.78, 5) is 58.1. The molecule has 0 bridgehead atoms. The number of carbonyl (C=O) groups is 4. The third kappa shape index (κ3) is 18.3. The number of aryl methyl sites for hydroxylation is 2. The highest BCUT2D eigenvalue weighted by atomic mass is 32.2. The van der Waals surface area contributed by atoms with E-state index in [1.807, 2.05) is 123 Å². The van der Waals surface area contributed by atoms with Gasteiger partial charge in [-0.2, -0.15) is 0 Å². The Bertz CT molecular complexity index is 4480. The maximum atomic E-state index is 14.8. The molecule has 480 valence electrons. The van der Waals surface area contributed by atoms with Gasteiger partial charge in [0, 0.05) is 50.7 Å². The molecule has 94 heavy (non-hydrogen) atoms. The van der Waals surface area contributed by atoms with Gasteiger partial charge in [-0.05, 0) is 116 Å². The van der Waals surface area contributed by atoms with Crippen molar-refractivity contribution in [3.05, 3.63) is 300 Å². The highest BCUT2D eigenvalue weighted by Gasteiger charge is 2.35. The second-order valence-corrected chi connectivity index (χ2v) is 28.3. The fraction of sp³-hybridized carbons (Fsp3) is 0.0986. The first-order valence-electron chi connectivity index (χ1n) is 28.0. The van der Waals surface area contributed by atoms with Crippen molar-refractivity contribution in [3.8, 4) is 0 Å². The molecule has 1 heterocycles. The lowest BCUT2D eigenvalue weighted by Crippen LogP contribution is -2.34. The van der Waals surface area contributed by atoms with Crippen LogP contribution in [0, 0.1) is 13.8 Å². The summed E-state index contributed by atoms with van der Waals surface area (Å²) in [6.45, 7) is 3.77. The minimum absolute atomic E-state index is 0. The zero-order valence-electron chi connectivity index (χ0n) is 48.8. The van der Waals surface area contributed by atoms with Gasteiger partial charge in [-0.3, -0.25) is 23.8 Å². The Kier molecular flexibility index (Phi) is 25.9. The average Bonchev–Trinajstić information content (AvgIpc) is 0.853. The summed E-state index contributed by atoms with van der Waals surface area (Å²) >= 11 is 0. The summed E-state index contributed by atoms with van der Waals surface area (Å²) in [5.74, 6) is -2.25. The molecule has 0 spiro atoms. The van der Waals surface area contributed by atoms with Crippen LogP contribution in [0.2, 0.25) is 0 Å². The summed E-state index contributed by atoms with van der Waals surface area (Å²) in [5.41, 5.74) is 14.8. The molecule has 0 unspecified atom stereocenters. The number of amides is 3. The molecule has 23 heteroatoms. The van der Waals surface area contributed by atoms with E-state index < -0.39 is 58.8 Å². The van der Waals surface area contributed by atoms with E-state index in [4.69, 9.17) is 10.4 Å². The van der Waals surface area contributed by atoms with E-state index in [1.165, 1.54) is 24.3 Å². The third-order valence-corrected chi connectivity index (χ3v) is 22.1. The molecule has 3 N–H and O–H groups in total. The largest absolute Gasteiger partial charge is 0.364 e. The van der Waals surface area contributed by atoms with Gasteiger partial charge < -0.3 is 9.40 Å². The lowest BCUT2D eigenvalue weighted by Gasteiger charge is -2.22. The molecular weight excluding hydrogens is 1260 g/mol. The van der Waals surface area contributed by atoms with Crippen LogP contribution >= 0.6 is 15.1 Å². The van der Waals surface area contributed by atoms with Crippen molar-refractivity contribution in [2.45, 2.75) is 58.8 Å². The number of nitrogens with zero attached hydrogens (tertiary/aromatic N) is 6. The Morgan fingerprint density at radius 1 is 0.511 bits per heavy atom. The monoisotopic (exact) mass is 1330 g/mol. The Morgan fingerprint density at radius 3 is 1.35 bits per heavy atom. The smallest absolute Gasteiger partial charge is 0.325 e. The average molecular weight is 1330 g/mol. The Hall–Kier alpha value is -10.7. The van der Waals surface area contributed by atoms with Crippen LogP contribution in [0.5, 0.6) is 0 Å². The van der Waals surface area contributed by atoms with E-state index in [9.17, 15) is 40.6 Å². The predicted molar refractivity (Wildman–Crippen MR) is 375 cm³/mol. The van der Waals surface area contributed by atoms with Crippen molar-refractivity contribution < 1.29 is 45.4 Å². The van der Waals surface area contributed by atoms with Crippen LogP contribution < -0.4 is 46.7 Å². The fourth-order valence-corrected chi connectivity index (χ4v) is 16.6. The first kappa shape index (κ1) is 72.4. The molecule has 0 atom stereocenters. The van der Waals surface area contributed by atoms with Gasteiger partial charge in [-0.1, -0.05) is 238 Å². The van der Waals surface area contributed by atoms with Crippen molar-refractivity contribution in [3.63, 3.8) is 0 Å². The summed E-state index contributed by atoms with van der Waals surface area (Å²) in [6.07, 6.45) is 0.128. The van der Waals surface area contributed by atoms with Crippen LogP contribution in [-0.4, -0.2) is 45.6 Å². The molecule has 0 saturated carbocycles. The number of hydrogen-bond donors (Lipinski definition) is 3. The van der Waals surface area contributed by atoms with Crippen LogP contribution in [0.15, 0.2) is 292 Å². The molecule has 3 amide bonds. The van der Waals surface area contributed by atoms with Crippen LogP contribution in [0.3, 0.4) is 0 Å². The van der Waals surface area contributed by atoms with Gasteiger partial charge in [0.25, 0.3) is 37.8 Å². The quantitative estimate of drug-likeness (QED) is 0.0182. The Balaban J connectivity index is 0.000000235. The van der Waals surface area contributed by atoms with E-state index in [2.05, 4.69) is 35.2 Å². The molecule has 0 radical (unpaired) electrons. The molecule has 10 aromatic carbocycles. The molecule has 10 aromatic rings. The topological polar surface area (TPSA) is 276 Å². The SMILES string of the molecule is C.C.C.Cc1ccc(S(=O)(=O)Nc2ccc(N=NNC(=O)c3ccccc3P(=O)(c3ccccc3)c3ccccc3)cc2)cc1.Cc1ccc(S(=O)(=O)Nc2ccc(N=[N+]=[N-])cc2)cc1.O=C(ON1C(=O)CCC1=O)c1ccccc1P(c1ccccc1)c1ccccc1. The van der Waals surface area contributed by atoms with E-state index in [1.54, 1.807) is 133 Å². The highest BCUT2D eigenvalue weighted by Crippen LogP contribution is 2.43. The number of sulfonamides is 2. The van der Waals surface area contributed by atoms with Gasteiger partial charge in [0.05, 0.1) is 26.6 Å². The molecule has 0 aromatic heterocycles. The number of carbonyl (C=O) groups excluding carboxylic acids is 4. The summed E-state index contributed by atoms with van der Waals surface area (Å²) < 4.78 is 69.3. The number of rotatable bonds is 18. The van der Waals surface area contributed by atoms with Crippen molar-refractivity contribution in [1.82, 2.24) is 10.5 Å². The van der Waals surface area contributed by atoms with Gasteiger partial charge in [-0.15, -0.1) is 10.2 Å². The number of hydrogen-bond acceptors (Lipinski definition) is 13. The van der Waals surface area contributed by atoms with Crippen LogP contribution in [0.25, 0.3) is 10.4 Å². The summed E-state index contributed by atoms with van der Waals surface area (Å²) in [6, 6.07) is 77.5. The number of imide groups is 1. The predicted octanol–water partition coefficient (Wildman–Crippen LogP) is 14.2. The van der Waals surface area contributed by atoms with Gasteiger partial charge in [-0.25, -0.2) is 27.1 Å². The van der Waals surface area contributed by atoms with E-state index in [0.29, 0.717) is 49.3 Å². The molecular formula is C71H69N9O10P2S2. The van der Waals surface area contributed by atoms with Crippen LogP contribution in [0.1, 0.15) is 67.0 Å². The van der Waals surface area contributed by atoms with E-state index in [0.717, 1.165) is 27.0 Å². The van der Waals surface area contributed by atoms with Crippen molar-refractivity contribution in [2.24, 2.45) is 15.5 Å². The molecule has 1 fully saturated rings. The molecule has 19 nitrogen and oxygen atoms in total. The first-order chi connectivity index (χ1) is 43.9. The first-order valence-corrected chi connectivity index (χ1v) is 34.0. The van der Waals surface area contributed by atoms with Crippen molar-refractivity contribution in [1.29, 1.82) is 0 Å². The lowest BCUT2D eigenvalue weighted by molar-refractivity contribution is -0.172. The molecule has 11 rings (SSSR count). The number of anilines is 2. The summed E-state index contributed by atoms with van der Waals surface area (Å²) in [7, 11) is -11.8. The summed E-state index contributed by atoms with van der Waals surface area (Å²) in [5, 5.41) is 16.5. The van der Waals surface area contributed by atoms with Gasteiger partial charge >= 0.3 is 5.97 Å². The minimum Gasteiger partial charge on any atom is -0.325 e. The maximum absolute atomic E-state index is 14.8. The fourth-order valence-electron chi connectivity index (χ4n) is 9.15. The minimum atomic E-state index is -3.74. The van der Waals surface area contributed by atoms with Gasteiger partial charge in [0.2, 0.25) is 0 Å². The zero-order valence-corrected chi connectivity index (χ0v) is 52.2. The second-order valence-electron chi connectivity index (χ2n) is 20.0. The molecule has 1 aliphatic rings. The number of azide groups is 1. The number of nitrogens with one attached hydrogen (secondary N) is 3. The van der Waals surface area contributed by atoms with Crippen LogP contribution in [0.4, 0.5) is 22.7 Å². The number of hydroxylamine groups is 2. The van der Waals surface area contributed by atoms with E-state index >= 15 is 0 Å². The second kappa shape index (κ2) is 33.6. The van der Waals surface area contributed by atoms with Crippen molar-refractivity contribution in [2.75, 3.05) is 9.44 Å². The zero-order chi connectivity index (χ0) is 64.4. The normalized spacial score (nSPS) is 11.8. The third-order valence-electron chi connectivity index (χ3n) is 13.7. The molecule has 1 aliphatic heterocycles. The molecule has 1 saturated heterocycles. The Labute approximate surface area is 549 Å².